The van der Waals surface area contributed by atoms with E-state index in [-0.39, 0.29) is 11.9 Å². The van der Waals surface area contributed by atoms with Gasteiger partial charge in [0, 0.05) is 30.1 Å². The molecule has 1 aromatic heterocycles. The standard InChI is InChI=1S/C20H26N4O4/c1-26-16-11-14(12-17(27-2)18(16)28-3)23-20-21-10-9-15(24-20)19(25)22-13-7-5-4-6-8-13/h9-13H,4-8H2,1-3H3,(H,22,25)(H,21,23,24). The molecule has 150 valence electrons. The summed E-state index contributed by atoms with van der Waals surface area (Å²) in [5.74, 6) is 1.65. The Kier molecular flexibility index (Phi) is 6.52. The number of hydrogen-bond donors (Lipinski definition) is 2. The predicted molar refractivity (Wildman–Crippen MR) is 106 cm³/mol. The lowest BCUT2D eigenvalue weighted by atomic mass is 9.95. The van der Waals surface area contributed by atoms with Crippen molar-refractivity contribution in [3.8, 4) is 17.2 Å². The first-order valence-corrected chi connectivity index (χ1v) is 9.35. The number of benzene rings is 1. The Hall–Kier alpha value is -3.03. The molecule has 2 N–H and O–H groups in total. The second-order valence-electron chi connectivity index (χ2n) is 6.61. The lowest BCUT2D eigenvalue weighted by Crippen LogP contribution is -2.36. The van der Waals surface area contributed by atoms with Gasteiger partial charge in [0.2, 0.25) is 11.7 Å². The number of amides is 1. The van der Waals surface area contributed by atoms with Crippen molar-refractivity contribution in [1.29, 1.82) is 0 Å². The Bertz CT molecular complexity index is 797. The maximum Gasteiger partial charge on any atom is 0.270 e. The number of carbonyl (C=O) groups excluding carboxylic acids is 1. The van der Waals surface area contributed by atoms with E-state index in [4.69, 9.17) is 14.2 Å². The van der Waals surface area contributed by atoms with Crippen molar-refractivity contribution in [2.75, 3.05) is 26.6 Å². The monoisotopic (exact) mass is 386 g/mol. The number of anilines is 2. The van der Waals surface area contributed by atoms with Gasteiger partial charge in [-0.3, -0.25) is 4.79 Å². The lowest BCUT2D eigenvalue weighted by Gasteiger charge is -2.22. The van der Waals surface area contributed by atoms with Crippen LogP contribution < -0.4 is 24.8 Å². The molecule has 1 heterocycles. The largest absolute Gasteiger partial charge is 0.493 e. The molecule has 0 aliphatic heterocycles. The minimum absolute atomic E-state index is 0.178. The average molecular weight is 386 g/mol. The van der Waals surface area contributed by atoms with Gasteiger partial charge in [-0.2, -0.15) is 0 Å². The summed E-state index contributed by atoms with van der Waals surface area (Å²) in [6.45, 7) is 0. The van der Waals surface area contributed by atoms with Gasteiger partial charge in [0.25, 0.3) is 5.91 Å². The minimum atomic E-state index is -0.178. The van der Waals surface area contributed by atoms with Crippen LogP contribution >= 0.6 is 0 Å². The van der Waals surface area contributed by atoms with Gasteiger partial charge in [-0.15, -0.1) is 0 Å². The van der Waals surface area contributed by atoms with E-state index in [1.54, 1.807) is 45.7 Å². The van der Waals surface area contributed by atoms with E-state index in [1.807, 2.05) is 0 Å². The molecule has 1 saturated carbocycles. The van der Waals surface area contributed by atoms with Crippen LogP contribution in [0.25, 0.3) is 0 Å². The zero-order valence-electron chi connectivity index (χ0n) is 16.4. The van der Waals surface area contributed by atoms with Gasteiger partial charge in [0.1, 0.15) is 5.69 Å². The molecule has 3 rings (SSSR count). The Morgan fingerprint density at radius 1 is 1.04 bits per heavy atom. The summed E-state index contributed by atoms with van der Waals surface area (Å²) < 4.78 is 16.0. The molecule has 2 aromatic rings. The summed E-state index contributed by atoms with van der Waals surface area (Å²) in [6, 6.07) is 5.33. The molecule has 1 aliphatic carbocycles. The van der Waals surface area contributed by atoms with Crippen LogP contribution in [0.4, 0.5) is 11.6 Å². The molecule has 0 spiro atoms. The summed E-state index contributed by atoms with van der Waals surface area (Å²) in [5, 5.41) is 6.15. The molecule has 1 aromatic carbocycles. The number of hydrogen-bond acceptors (Lipinski definition) is 7. The third kappa shape index (κ3) is 4.62. The summed E-state index contributed by atoms with van der Waals surface area (Å²) >= 11 is 0. The summed E-state index contributed by atoms with van der Waals surface area (Å²) in [4.78, 5) is 21.1. The highest BCUT2D eigenvalue weighted by Crippen LogP contribution is 2.40. The molecule has 8 heteroatoms. The average Bonchev–Trinajstić information content (AvgIpc) is 2.73. The number of rotatable bonds is 7. The molecular formula is C20H26N4O4. The van der Waals surface area contributed by atoms with Crippen molar-refractivity contribution in [1.82, 2.24) is 15.3 Å². The number of aromatic nitrogens is 2. The van der Waals surface area contributed by atoms with E-state index < -0.39 is 0 Å². The van der Waals surface area contributed by atoms with E-state index in [0.29, 0.717) is 34.6 Å². The molecule has 8 nitrogen and oxygen atoms in total. The number of carbonyl (C=O) groups is 1. The van der Waals surface area contributed by atoms with Crippen LogP contribution in [0.1, 0.15) is 42.6 Å². The van der Waals surface area contributed by atoms with E-state index in [1.165, 1.54) is 6.42 Å². The highest BCUT2D eigenvalue weighted by atomic mass is 16.5. The molecule has 0 bridgehead atoms. The van der Waals surface area contributed by atoms with Gasteiger partial charge < -0.3 is 24.8 Å². The Balaban J connectivity index is 1.76. The Morgan fingerprint density at radius 2 is 1.71 bits per heavy atom. The fourth-order valence-corrected chi connectivity index (χ4v) is 3.33. The molecule has 0 unspecified atom stereocenters. The van der Waals surface area contributed by atoms with Gasteiger partial charge in [0.05, 0.1) is 21.3 Å². The number of methoxy groups -OCH3 is 3. The van der Waals surface area contributed by atoms with Gasteiger partial charge in [-0.1, -0.05) is 19.3 Å². The molecule has 28 heavy (non-hydrogen) atoms. The van der Waals surface area contributed by atoms with Crippen LogP contribution in [0, 0.1) is 0 Å². The summed E-state index contributed by atoms with van der Waals surface area (Å²) in [6.07, 6.45) is 7.15. The Labute approximate surface area is 164 Å². The number of nitrogens with one attached hydrogen (secondary N) is 2. The Morgan fingerprint density at radius 3 is 2.32 bits per heavy atom. The van der Waals surface area contributed by atoms with Crippen LogP contribution in [-0.4, -0.2) is 43.2 Å². The van der Waals surface area contributed by atoms with Crippen LogP contribution in [-0.2, 0) is 0 Å². The first kappa shape index (κ1) is 19.7. The molecule has 0 radical (unpaired) electrons. The summed E-state index contributed by atoms with van der Waals surface area (Å²) in [7, 11) is 4.65. The maximum absolute atomic E-state index is 12.5. The van der Waals surface area contributed by atoms with Crippen molar-refractivity contribution in [2.24, 2.45) is 0 Å². The SMILES string of the molecule is COc1cc(Nc2nccc(C(=O)NC3CCCCC3)n2)cc(OC)c1OC. The topological polar surface area (TPSA) is 94.6 Å². The van der Waals surface area contributed by atoms with Gasteiger partial charge in [-0.25, -0.2) is 9.97 Å². The third-order valence-corrected chi connectivity index (χ3v) is 4.75. The smallest absolute Gasteiger partial charge is 0.270 e. The summed E-state index contributed by atoms with van der Waals surface area (Å²) in [5.41, 5.74) is 0.981. The number of ether oxygens (including phenoxy) is 3. The normalized spacial score (nSPS) is 14.2. The zero-order valence-corrected chi connectivity index (χ0v) is 16.4. The predicted octanol–water partition coefficient (Wildman–Crippen LogP) is 3.31. The fraction of sp³-hybridized carbons (Fsp3) is 0.450. The van der Waals surface area contributed by atoms with Gasteiger partial charge in [0.15, 0.2) is 11.5 Å². The quantitative estimate of drug-likeness (QED) is 0.754. The van der Waals surface area contributed by atoms with Crippen LogP contribution in [0.5, 0.6) is 17.2 Å². The van der Waals surface area contributed by atoms with E-state index in [9.17, 15) is 4.79 Å². The van der Waals surface area contributed by atoms with Crippen molar-refractivity contribution in [3.63, 3.8) is 0 Å². The van der Waals surface area contributed by atoms with Crippen molar-refractivity contribution in [2.45, 2.75) is 38.1 Å². The minimum Gasteiger partial charge on any atom is -0.493 e. The first-order valence-electron chi connectivity index (χ1n) is 9.35. The fourth-order valence-electron chi connectivity index (χ4n) is 3.33. The maximum atomic E-state index is 12.5. The van der Waals surface area contributed by atoms with Crippen LogP contribution in [0.2, 0.25) is 0 Å². The second-order valence-corrected chi connectivity index (χ2v) is 6.61. The van der Waals surface area contributed by atoms with Crippen molar-refractivity contribution < 1.29 is 19.0 Å². The second kappa shape index (κ2) is 9.25. The van der Waals surface area contributed by atoms with Crippen LogP contribution in [0.3, 0.4) is 0 Å². The molecule has 1 amide bonds. The van der Waals surface area contributed by atoms with E-state index in [0.717, 1.165) is 25.7 Å². The molecule has 0 saturated heterocycles. The van der Waals surface area contributed by atoms with Crippen LogP contribution in [0.15, 0.2) is 24.4 Å². The molecule has 0 atom stereocenters. The highest BCUT2D eigenvalue weighted by Gasteiger charge is 2.18. The molecular weight excluding hydrogens is 360 g/mol. The zero-order chi connectivity index (χ0) is 19.9. The van der Waals surface area contributed by atoms with E-state index in [2.05, 4.69) is 20.6 Å². The van der Waals surface area contributed by atoms with Crippen molar-refractivity contribution in [3.05, 3.63) is 30.1 Å². The lowest BCUT2D eigenvalue weighted by molar-refractivity contribution is 0.0922. The van der Waals surface area contributed by atoms with E-state index >= 15 is 0 Å². The molecule has 1 aliphatic rings. The number of nitrogens with zero attached hydrogens (tertiary/aromatic N) is 2. The van der Waals surface area contributed by atoms with Gasteiger partial charge >= 0.3 is 0 Å². The third-order valence-electron chi connectivity index (χ3n) is 4.75. The highest BCUT2D eigenvalue weighted by molar-refractivity contribution is 5.92. The van der Waals surface area contributed by atoms with Crippen molar-refractivity contribution >= 4 is 17.5 Å². The first-order chi connectivity index (χ1) is 13.6. The molecule has 1 fully saturated rings. The van der Waals surface area contributed by atoms with Gasteiger partial charge in [-0.05, 0) is 18.9 Å².